The fraction of sp³-hybridized carbons (Fsp3) is 0.667. The predicted molar refractivity (Wildman–Crippen MR) is 133 cm³/mol. The number of fused-ring (bicyclic) bond motifs is 1. The van der Waals surface area contributed by atoms with E-state index in [0.29, 0.717) is 29.3 Å². The number of carbonyl (C=O) groups excluding carboxylic acids is 1. The van der Waals surface area contributed by atoms with Crippen molar-refractivity contribution in [2.45, 2.75) is 79.1 Å². The maximum atomic E-state index is 12.0. The predicted octanol–water partition coefficient (Wildman–Crippen LogP) is 8.60. The van der Waals surface area contributed by atoms with Crippen molar-refractivity contribution in [1.29, 1.82) is 0 Å². The minimum Gasteiger partial charge on any atom is -0.449 e. The summed E-state index contributed by atoms with van der Waals surface area (Å²) >= 11 is 3.39. The Morgan fingerprint density at radius 1 is 1.23 bits per heavy atom. The first kappa shape index (κ1) is 24.4. The average molecular weight is 491 g/mol. The number of hydrogen-bond acceptors (Lipinski definition) is 2. The molecule has 0 radical (unpaired) electrons. The third-order valence-corrected chi connectivity index (χ3v) is 8.73. The van der Waals surface area contributed by atoms with E-state index in [1.807, 2.05) is 24.3 Å². The molecule has 0 saturated heterocycles. The van der Waals surface area contributed by atoms with Crippen molar-refractivity contribution in [2.24, 2.45) is 28.6 Å². The molecule has 0 aromatic heterocycles. The van der Waals surface area contributed by atoms with Crippen LogP contribution in [-0.2, 0) is 4.74 Å². The average Bonchev–Trinajstić information content (AvgIpc) is 2.68. The molecule has 2 aliphatic rings. The van der Waals surface area contributed by atoms with Gasteiger partial charge < -0.3 is 4.74 Å². The Morgan fingerprint density at radius 2 is 1.94 bits per heavy atom. The Bertz CT molecular complexity index is 772. The molecule has 4 heteroatoms. The van der Waals surface area contributed by atoms with Crippen LogP contribution in [0.15, 0.2) is 40.9 Å². The molecule has 0 bridgehead atoms. The van der Waals surface area contributed by atoms with E-state index < -0.39 is 0 Å². The van der Waals surface area contributed by atoms with Crippen LogP contribution < -0.4 is 5.32 Å². The Balaban J connectivity index is 1.45. The van der Waals surface area contributed by atoms with Gasteiger partial charge in [0.1, 0.15) is 0 Å². The normalized spacial score (nSPS) is 28.5. The highest BCUT2D eigenvalue weighted by Crippen LogP contribution is 2.61. The molecule has 31 heavy (non-hydrogen) atoms. The van der Waals surface area contributed by atoms with Gasteiger partial charge in [0.05, 0.1) is 6.61 Å². The van der Waals surface area contributed by atoms with Gasteiger partial charge >= 0.3 is 6.09 Å². The fourth-order valence-corrected chi connectivity index (χ4v) is 6.71. The van der Waals surface area contributed by atoms with Gasteiger partial charge in [-0.25, -0.2) is 4.79 Å². The van der Waals surface area contributed by atoms with Gasteiger partial charge in [0.25, 0.3) is 0 Å². The lowest BCUT2D eigenvalue weighted by atomic mass is 9.47. The topological polar surface area (TPSA) is 38.3 Å². The van der Waals surface area contributed by atoms with E-state index in [4.69, 9.17) is 4.74 Å². The van der Waals surface area contributed by atoms with Crippen LogP contribution in [0, 0.1) is 28.6 Å². The lowest BCUT2D eigenvalue weighted by Crippen LogP contribution is -2.49. The van der Waals surface area contributed by atoms with E-state index in [-0.39, 0.29) is 6.09 Å². The van der Waals surface area contributed by atoms with Crippen molar-refractivity contribution in [1.82, 2.24) is 0 Å². The van der Waals surface area contributed by atoms with Crippen LogP contribution in [0.1, 0.15) is 79.1 Å². The summed E-state index contributed by atoms with van der Waals surface area (Å²) in [4.78, 5) is 12.0. The second-order valence-corrected chi connectivity index (χ2v) is 11.8. The maximum Gasteiger partial charge on any atom is 0.411 e. The van der Waals surface area contributed by atoms with Crippen molar-refractivity contribution in [2.75, 3.05) is 11.9 Å². The van der Waals surface area contributed by atoms with Crippen LogP contribution in [-0.4, -0.2) is 12.7 Å². The number of nitrogens with one attached hydrogen (secondary N) is 1. The van der Waals surface area contributed by atoms with Crippen LogP contribution >= 0.6 is 15.9 Å². The Labute approximate surface area is 197 Å². The quantitative estimate of drug-likeness (QED) is 0.389. The lowest BCUT2D eigenvalue weighted by molar-refractivity contribution is -0.0553. The summed E-state index contributed by atoms with van der Waals surface area (Å²) in [6.45, 7) is 14.8. The highest BCUT2D eigenvalue weighted by atomic mass is 79.9. The molecule has 1 aromatic carbocycles. The van der Waals surface area contributed by atoms with Crippen molar-refractivity contribution < 1.29 is 9.53 Å². The standard InChI is InChI=1S/C27H40BrNO2/c1-19(15-18-31-25(30)29-22-11-9-21(28)10-12-22)7-13-23-20(2)8-14-24-26(3,4)16-6-17-27(23,24)5/h9-12,19,23-24H,2,6-8,13-18H2,1,3-5H3,(H,29,30)/t19-,23+,24+,27-/m0/s1. The third kappa shape index (κ3) is 5.94. The molecule has 172 valence electrons. The minimum atomic E-state index is -0.380. The van der Waals surface area contributed by atoms with E-state index in [0.717, 1.165) is 22.5 Å². The summed E-state index contributed by atoms with van der Waals surface area (Å²) in [5, 5.41) is 2.78. The number of carbonyl (C=O) groups is 1. The van der Waals surface area contributed by atoms with Crippen molar-refractivity contribution >= 4 is 27.7 Å². The van der Waals surface area contributed by atoms with Crippen LogP contribution in [0.5, 0.6) is 0 Å². The summed E-state index contributed by atoms with van der Waals surface area (Å²) in [5.41, 5.74) is 3.08. The Kier molecular flexibility index (Phi) is 7.94. The number of rotatable bonds is 7. The molecule has 0 spiro atoms. The zero-order chi connectivity index (χ0) is 22.6. The molecule has 1 N–H and O–H groups in total. The molecule has 1 aromatic rings. The van der Waals surface area contributed by atoms with Gasteiger partial charge in [0.2, 0.25) is 0 Å². The first-order chi connectivity index (χ1) is 14.6. The molecule has 2 aliphatic carbocycles. The van der Waals surface area contributed by atoms with E-state index >= 15 is 0 Å². The Hall–Kier alpha value is -1.29. The van der Waals surface area contributed by atoms with Crippen molar-refractivity contribution in [3.63, 3.8) is 0 Å². The van der Waals surface area contributed by atoms with Crippen LogP contribution in [0.3, 0.4) is 0 Å². The van der Waals surface area contributed by atoms with E-state index in [2.05, 4.69) is 55.5 Å². The van der Waals surface area contributed by atoms with Crippen LogP contribution in [0.2, 0.25) is 0 Å². The van der Waals surface area contributed by atoms with E-state index in [1.54, 1.807) is 0 Å². The smallest absolute Gasteiger partial charge is 0.411 e. The van der Waals surface area contributed by atoms with Gasteiger partial charge in [-0.1, -0.05) is 62.2 Å². The Morgan fingerprint density at radius 3 is 2.65 bits per heavy atom. The molecule has 3 rings (SSSR count). The summed E-state index contributed by atoms with van der Waals surface area (Å²) in [6.07, 6.45) is 9.48. The molecule has 3 nitrogen and oxygen atoms in total. The van der Waals surface area contributed by atoms with Crippen LogP contribution in [0.4, 0.5) is 10.5 Å². The summed E-state index contributed by atoms with van der Waals surface area (Å²) in [7, 11) is 0. The minimum absolute atomic E-state index is 0.380. The number of allylic oxidation sites excluding steroid dienone is 1. The first-order valence-corrected chi connectivity index (χ1v) is 12.8. The van der Waals surface area contributed by atoms with Crippen LogP contribution in [0.25, 0.3) is 0 Å². The molecule has 2 fully saturated rings. The molecule has 0 aliphatic heterocycles. The van der Waals surface area contributed by atoms with Gasteiger partial charge in [0, 0.05) is 10.2 Å². The molecule has 4 atom stereocenters. The number of benzene rings is 1. The summed E-state index contributed by atoms with van der Waals surface area (Å²) in [6, 6.07) is 7.50. The molecular weight excluding hydrogens is 450 g/mol. The van der Waals surface area contributed by atoms with Crippen molar-refractivity contribution in [3.8, 4) is 0 Å². The van der Waals surface area contributed by atoms with Gasteiger partial charge in [-0.2, -0.15) is 0 Å². The zero-order valence-corrected chi connectivity index (χ0v) is 21.4. The zero-order valence-electron chi connectivity index (χ0n) is 19.8. The molecule has 2 saturated carbocycles. The largest absolute Gasteiger partial charge is 0.449 e. The van der Waals surface area contributed by atoms with Gasteiger partial charge in [-0.15, -0.1) is 0 Å². The van der Waals surface area contributed by atoms with Gasteiger partial charge in [0.15, 0.2) is 0 Å². The maximum absolute atomic E-state index is 12.0. The number of halogens is 1. The second-order valence-electron chi connectivity index (χ2n) is 10.9. The number of ether oxygens (including phenoxy) is 1. The SMILES string of the molecule is C=C1CC[C@@H]2C(C)(C)CCC[C@@]2(C)[C@@H]1CC[C@H](C)CCOC(=O)Nc1ccc(Br)cc1. The molecule has 1 amide bonds. The van der Waals surface area contributed by atoms with E-state index in [9.17, 15) is 4.79 Å². The van der Waals surface area contributed by atoms with E-state index in [1.165, 1.54) is 50.5 Å². The number of anilines is 1. The number of hydrogen-bond donors (Lipinski definition) is 1. The number of amides is 1. The van der Waals surface area contributed by atoms with Gasteiger partial charge in [-0.3, -0.25) is 5.32 Å². The monoisotopic (exact) mass is 489 g/mol. The third-order valence-electron chi connectivity index (χ3n) is 8.20. The molecule has 0 unspecified atom stereocenters. The lowest BCUT2D eigenvalue weighted by Gasteiger charge is -2.58. The highest BCUT2D eigenvalue weighted by Gasteiger charge is 2.52. The molecule has 0 heterocycles. The highest BCUT2D eigenvalue weighted by molar-refractivity contribution is 9.10. The first-order valence-electron chi connectivity index (χ1n) is 12.0. The summed E-state index contributed by atoms with van der Waals surface area (Å²) < 4.78 is 6.40. The van der Waals surface area contributed by atoms with Crippen molar-refractivity contribution in [3.05, 3.63) is 40.9 Å². The van der Waals surface area contributed by atoms with Gasteiger partial charge in [-0.05, 0) is 97.8 Å². The summed E-state index contributed by atoms with van der Waals surface area (Å²) in [5.74, 6) is 1.98. The second kappa shape index (κ2) is 10.1. The molecular formula is C27H40BrNO2. The fourth-order valence-electron chi connectivity index (χ4n) is 6.44.